The number of nitrogens with zero attached hydrogens (tertiary/aromatic N) is 4. The number of piperazine rings is 1. The monoisotopic (exact) mass is 444 g/mol. The molecule has 3 amide bonds. The molecule has 32 heavy (non-hydrogen) atoms. The Labute approximate surface area is 189 Å². The van der Waals surface area contributed by atoms with Crippen molar-refractivity contribution in [2.24, 2.45) is 5.92 Å². The molecule has 1 atom stereocenters. The van der Waals surface area contributed by atoms with Crippen LogP contribution in [0.25, 0.3) is 0 Å². The summed E-state index contributed by atoms with van der Waals surface area (Å²) in [5.41, 5.74) is 0.946. The van der Waals surface area contributed by atoms with Crippen molar-refractivity contribution in [3.63, 3.8) is 0 Å². The molecule has 0 aliphatic carbocycles. The van der Waals surface area contributed by atoms with Crippen LogP contribution in [0.5, 0.6) is 0 Å². The Bertz CT molecular complexity index is 840. The van der Waals surface area contributed by atoms with E-state index in [1.807, 2.05) is 20.8 Å². The molecule has 3 aliphatic heterocycles. The molecular weight excluding hydrogens is 411 g/mol. The molecule has 8 heteroatoms. The van der Waals surface area contributed by atoms with Crippen LogP contribution in [-0.2, 0) is 20.9 Å². The molecule has 0 bridgehead atoms. The number of benzene rings is 1. The number of carbonyl (C=O) groups is 3. The van der Waals surface area contributed by atoms with E-state index in [0.717, 1.165) is 38.0 Å². The molecule has 0 aromatic heterocycles. The van der Waals surface area contributed by atoms with Gasteiger partial charge in [0, 0.05) is 71.7 Å². The van der Waals surface area contributed by atoms with Crippen LogP contribution in [0.1, 0.15) is 37.7 Å². The number of rotatable bonds is 7. The maximum Gasteiger partial charge on any atom is 0.227 e. The van der Waals surface area contributed by atoms with Gasteiger partial charge in [-0.3, -0.25) is 19.3 Å². The number of hydrogen-bond donors (Lipinski definition) is 0. The Kier molecular flexibility index (Phi) is 7.40. The molecule has 0 spiro atoms. The largest absolute Gasteiger partial charge is 0.343 e. The summed E-state index contributed by atoms with van der Waals surface area (Å²) in [6.07, 6.45) is 3.35. The summed E-state index contributed by atoms with van der Waals surface area (Å²) in [7, 11) is 0. The van der Waals surface area contributed by atoms with Crippen LogP contribution in [0.3, 0.4) is 0 Å². The van der Waals surface area contributed by atoms with E-state index < -0.39 is 0 Å². The first kappa shape index (κ1) is 22.7. The maximum absolute atomic E-state index is 13.4. The van der Waals surface area contributed by atoms with Crippen LogP contribution in [-0.4, -0.2) is 89.7 Å². The summed E-state index contributed by atoms with van der Waals surface area (Å²) in [5.74, 6) is 0.0968. The van der Waals surface area contributed by atoms with Gasteiger partial charge in [0.25, 0.3) is 0 Å². The zero-order valence-corrected chi connectivity index (χ0v) is 18.7. The maximum atomic E-state index is 13.4. The van der Waals surface area contributed by atoms with Gasteiger partial charge in [-0.1, -0.05) is 12.1 Å². The third kappa shape index (κ3) is 5.65. The SMILES string of the molecule is O=C1CCCN1CCCN1C[C@@H](C(=O)N2CCN(Cc3cccc(F)c3)CC2)CCC1=O. The van der Waals surface area contributed by atoms with E-state index in [4.69, 9.17) is 0 Å². The fraction of sp³-hybridized carbons (Fsp3) is 0.625. The Hall–Kier alpha value is -2.48. The third-order valence-corrected chi connectivity index (χ3v) is 6.86. The summed E-state index contributed by atoms with van der Waals surface area (Å²) in [6.45, 7) is 6.13. The average Bonchev–Trinajstić information content (AvgIpc) is 3.20. The minimum Gasteiger partial charge on any atom is -0.343 e. The van der Waals surface area contributed by atoms with E-state index in [2.05, 4.69) is 4.90 Å². The van der Waals surface area contributed by atoms with Crippen LogP contribution in [0.2, 0.25) is 0 Å². The number of halogens is 1. The summed E-state index contributed by atoms with van der Waals surface area (Å²) in [6, 6.07) is 6.66. The van der Waals surface area contributed by atoms with Crippen molar-refractivity contribution in [3.05, 3.63) is 35.6 Å². The highest BCUT2D eigenvalue weighted by atomic mass is 19.1. The van der Waals surface area contributed by atoms with Crippen molar-refractivity contribution in [2.75, 3.05) is 52.4 Å². The topological polar surface area (TPSA) is 64.2 Å². The van der Waals surface area contributed by atoms with Crippen molar-refractivity contribution < 1.29 is 18.8 Å². The predicted octanol–water partition coefficient (Wildman–Crippen LogP) is 1.72. The lowest BCUT2D eigenvalue weighted by Crippen LogP contribution is -2.53. The molecule has 0 saturated carbocycles. The van der Waals surface area contributed by atoms with Crippen LogP contribution < -0.4 is 0 Å². The molecule has 7 nitrogen and oxygen atoms in total. The van der Waals surface area contributed by atoms with E-state index in [1.165, 1.54) is 6.07 Å². The first-order valence-corrected chi connectivity index (χ1v) is 11.8. The summed E-state index contributed by atoms with van der Waals surface area (Å²) in [5, 5.41) is 0. The first-order chi connectivity index (χ1) is 15.5. The van der Waals surface area contributed by atoms with Gasteiger partial charge in [0.15, 0.2) is 0 Å². The number of amides is 3. The predicted molar refractivity (Wildman–Crippen MR) is 118 cm³/mol. The molecule has 174 valence electrons. The number of carbonyl (C=O) groups excluding carboxylic acids is 3. The van der Waals surface area contributed by atoms with E-state index >= 15 is 0 Å². The molecule has 0 unspecified atom stereocenters. The van der Waals surface area contributed by atoms with Crippen molar-refractivity contribution in [3.8, 4) is 0 Å². The Balaban J connectivity index is 1.22. The summed E-state index contributed by atoms with van der Waals surface area (Å²) < 4.78 is 13.4. The molecule has 3 fully saturated rings. The van der Waals surface area contributed by atoms with E-state index in [1.54, 1.807) is 12.1 Å². The number of likely N-dealkylation sites (tertiary alicyclic amines) is 2. The second-order valence-corrected chi connectivity index (χ2v) is 9.14. The number of hydrogen-bond acceptors (Lipinski definition) is 4. The Morgan fingerprint density at radius 3 is 2.44 bits per heavy atom. The number of piperidine rings is 1. The zero-order valence-electron chi connectivity index (χ0n) is 18.7. The minimum atomic E-state index is -0.222. The normalized spacial score (nSPS) is 22.7. The Morgan fingerprint density at radius 2 is 1.72 bits per heavy atom. The van der Waals surface area contributed by atoms with E-state index in [0.29, 0.717) is 58.5 Å². The summed E-state index contributed by atoms with van der Waals surface area (Å²) >= 11 is 0. The highest BCUT2D eigenvalue weighted by Gasteiger charge is 2.34. The molecular formula is C24H33FN4O3. The van der Waals surface area contributed by atoms with Gasteiger partial charge in [0.05, 0.1) is 5.92 Å². The average molecular weight is 445 g/mol. The molecule has 3 aliphatic rings. The highest BCUT2D eigenvalue weighted by molar-refractivity contribution is 5.84. The molecule has 0 radical (unpaired) electrons. The van der Waals surface area contributed by atoms with Crippen molar-refractivity contribution in [2.45, 2.75) is 38.6 Å². The summed E-state index contributed by atoms with van der Waals surface area (Å²) in [4.78, 5) is 45.1. The van der Waals surface area contributed by atoms with Gasteiger partial charge in [-0.2, -0.15) is 0 Å². The highest BCUT2D eigenvalue weighted by Crippen LogP contribution is 2.22. The molecule has 3 heterocycles. The minimum absolute atomic E-state index is 0.113. The van der Waals surface area contributed by atoms with Gasteiger partial charge in [0.1, 0.15) is 5.82 Å². The molecule has 1 aromatic carbocycles. The quantitative estimate of drug-likeness (QED) is 0.643. The van der Waals surface area contributed by atoms with Gasteiger partial charge in [-0.05, 0) is 37.0 Å². The third-order valence-electron chi connectivity index (χ3n) is 6.86. The first-order valence-electron chi connectivity index (χ1n) is 11.8. The van der Waals surface area contributed by atoms with Gasteiger partial charge in [-0.25, -0.2) is 4.39 Å². The molecule has 0 N–H and O–H groups in total. The van der Waals surface area contributed by atoms with E-state index in [-0.39, 0.29) is 29.5 Å². The van der Waals surface area contributed by atoms with Crippen LogP contribution in [0.4, 0.5) is 4.39 Å². The molecule has 1 aromatic rings. The molecule has 3 saturated heterocycles. The van der Waals surface area contributed by atoms with Crippen LogP contribution >= 0.6 is 0 Å². The second-order valence-electron chi connectivity index (χ2n) is 9.14. The van der Waals surface area contributed by atoms with Gasteiger partial charge >= 0.3 is 0 Å². The fourth-order valence-corrected chi connectivity index (χ4v) is 5.00. The van der Waals surface area contributed by atoms with Crippen LogP contribution in [0, 0.1) is 11.7 Å². The van der Waals surface area contributed by atoms with Crippen molar-refractivity contribution >= 4 is 17.7 Å². The smallest absolute Gasteiger partial charge is 0.227 e. The van der Waals surface area contributed by atoms with Gasteiger partial charge < -0.3 is 14.7 Å². The zero-order chi connectivity index (χ0) is 22.5. The lowest BCUT2D eigenvalue weighted by molar-refractivity contribution is -0.144. The van der Waals surface area contributed by atoms with Gasteiger partial charge in [-0.15, -0.1) is 0 Å². The lowest BCUT2D eigenvalue weighted by Gasteiger charge is -2.39. The van der Waals surface area contributed by atoms with Crippen molar-refractivity contribution in [1.29, 1.82) is 0 Å². The van der Waals surface area contributed by atoms with E-state index in [9.17, 15) is 18.8 Å². The van der Waals surface area contributed by atoms with Crippen molar-refractivity contribution in [1.82, 2.24) is 19.6 Å². The standard InChI is InChI=1S/C24H33FN4O3/c25-21-5-1-4-19(16-21)17-26-12-14-28(15-13-26)24(32)20-7-8-23(31)29(18-20)11-3-10-27-9-2-6-22(27)30/h1,4-5,16,20H,2-3,6-15,17-18H2/t20-/m0/s1. The lowest BCUT2D eigenvalue weighted by atomic mass is 9.95. The fourth-order valence-electron chi connectivity index (χ4n) is 5.00. The van der Waals surface area contributed by atoms with Gasteiger partial charge in [0.2, 0.25) is 17.7 Å². The molecule has 4 rings (SSSR count). The van der Waals surface area contributed by atoms with Crippen LogP contribution in [0.15, 0.2) is 24.3 Å². The second kappa shape index (κ2) is 10.4. The Morgan fingerprint density at radius 1 is 0.969 bits per heavy atom.